The average molecular weight is 305 g/mol. The van der Waals surface area contributed by atoms with Gasteiger partial charge in [-0.1, -0.05) is 25.3 Å². The van der Waals surface area contributed by atoms with Gasteiger partial charge in [0.15, 0.2) is 0 Å². The normalized spacial score (nSPS) is 24.5. The van der Waals surface area contributed by atoms with Gasteiger partial charge in [0.1, 0.15) is 5.75 Å². The van der Waals surface area contributed by atoms with E-state index in [0.29, 0.717) is 16.5 Å². The zero-order valence-electron chi connectivity index (χ0n) is 13.0. The molecule has 1 fully saturated rings. The number of fused-ring (bicyclic) bond motifs is 1. The lowest BCUT2D eigenvalue weighted by atomic mass is 9.85. The molecule has 0 bridgehead atoms. The van der Waals surface area contributed by atoms with E-state index in [4.69, 9.17) is 0 Å². The highest BCUT2D eigenvalue weighted by Gasteiger charge is 2.32. The van der Waals surface area contributed by atoms with Gasteiger partial charge in [0.2, 0.25) is 0 Å². The van der Waals surface area contributed by atoms with Crippen molar-refractivity contribution in [3.05, 3.63) is 29.3 Å². The number of phenols is 1. The third-order valence-electron chi connectivity index (χ3n) is 5.31. The molecule has 0 radical (unpaired) electrons. The molecule has 3 rings (SSSR count). The minimum atomic E-state index is 0.405. The van der Waals surface area contributed by atoms with Crippen LogP contribution < -0.4 is 5.32 Å². The molecule has 1 atom stereocenters. The van der Waals surface area contributed by atoms with Crippen LogP contribution in [0.25, 0.3) is 0 Å². The molecule has 0 amide bonds. The smallest absolute Gasteiger partial charge is 0.115 e. The van der Waals surface area contributed by atoms with Gasteiger partial charge in [-0.15, -0.1) is 0 Å². The fourth-order valence-corrected chi connectivity index (χ4v) is 4.90. The van der Waals surface area contributed by atoms with Gasteiger partial charge in [-0.05, 0) is 61.6 Å². The number of aromatic hydroxyl groups is 1. The Bertz CT molecular complexity index is 482. The monoisotopic (exact) mass is 305 g/mol. The van der Waals surface area contributed by atoms with E-state index < -0.39 is 0 Å². The van der Waals surface area contributed by atoms with Gasteiger partial charge in [-0.2, -0.15) is 11.8 Å². The predicted molar refractivity (Wildman–Crippen MR) is 91.1 cm³/mol. The van der Waals surface area contributed by atoms with Crippen molar-refractivity contribution in [3.8, 4) is 5.75 Å². The quantitative estimate of drug-likeness (QED) is 0.863. The first kappa shape index (κ1) is 15.2. The Kier molecular flexibility index (Phi) is 4.80. The van der Waals surface area contributed by atoms with Crippen LogP contribution in [0.3, 0.4) is 0 Å². The lowest BCUT2D eigenvalue weighted by Crippen LogP contribution is -2.41. The van der Waals surface area contributed by atoms with Gasteiger partial charge in [0.25, 0.3) is 0 Å². The van der Waals surface area contributed by atoms with E-state index in [9.17, 15) is 5.11 Å². The van der Waals surface area contributed by atoms with Crippen molar-refractivity contribution in [2.75, 3.05) is 12.8 Å². The predicted octanol–water partition coefficient (Wildman–Crippen LogP) is 4.43. The van der Waals surface area contributed by atoms with Crippen molar-refractivity contribution in [2.24, 2.45) is 0 Å². The molecule has 1 aromatic carbocycles. The first-order valence-corrected chi connectivity index (χ1v) is 9.55. The lowest BCUT2D eigenvalue weighted by Gasteiger charge is -2.38. The minimum absolute atomic E-state index is 0.405. The van der Waals surface area contributed by atoms with Crippen LogP contribution in [0.15, 0.2) is 18.2 Å². The molecule has 0 heterocycles. The van der Waals surface area contributed by atoms with Crippen LogP contribution in [0.1, 0.15) is 62.1 Å². The van der Waals surface area contributed by atoms with Gasteiger partial charge in [-0.25, -0.2) is 0 Å². The van der Waals surface area contributed by atoms with Crippen molar-refractivity contribution in [3.63, 3.8) is 0 Å². The largest absolute Gasteiger partial charge is 0.508 e. The third-order valence-corrected chi connectivity index (χ3v) is 6.73. The molecule has 21 heavy (non-hydrogen) atoms. The number of rotatable bonds is 4. The van der Waals surface area contributed by atoms with Gasteiger partial charge in [0.05, 0.1) is 0 Å². The molecule has 2 N–H and O–H groups in total. The summed E-state index contributed by atoms with van der Waals surface area (Å²) in [7, 11) is 0. The Labute approximate surface area is 132 Å². The maximum Gasteiger partial charge on any atom is 0.115 e. The fraction of sp³-hybridized carbons (Fsp3) is 0.667. The van der Waals surface area contributed by atoms with Crippen molar-refractivity contribution in [2.45, 2.75) is 62.2 Å². The summed E-state index contributed by atoms with van der Waals surface area (Å²) in [5.74, 6) is 0.405. The van der Waals surface area contributed by atoms with Crippen molar-refractivity contribution in [1.29, 1.82) is 0 Å². The van der Waals surface area contributed by atoms with E-state index in [-0.39, 0.29) is 0 Å². The number of thioether (sulfide) groups is 1. The van der Waals surface area contributed by atoms with E-state index in [0.717, 1.165) is 13.0 Å². The first-order chi connectivity index (χ1) is 10.2. The highest BCUT2D eigenvalue weighted by molar-refractivity contribution is 8.00. The highest BCUT2D eigenvalue weighted by Crippen LogP contribution is 2.39. The number of benzene rings is 1. The zero-order valence-corrected chi connectivity index (χ0v) is 13.8. The SMILES string of the molecule is CSC1(CNC2CCCc3cc(O)ccc32)CCCCC1. The van der Waals surface area contributed by atoms with Gasteiger partial charge in [-0.3, -0.25) is 0 Å². The second-order valence-electron chi connectivity index (χ2n) is 6.66. The van der Waals surface area contributed by atoms with E-state index in [1.807, 2.05) is 12.1 Å². The second kappa shape index (κ2) is 6.62. The molecule has 1 saturated carbocycles. The molecule has 1 unspecified atom stereocenters. The Hall–Kier alpha value is -0.670. The van der Waals surface area contributed by atoms with Crippen LogP contribution in [0.5, 0.6) is 5.75 Å². The molecule has 116 valence electrons. The molecular formula is C18H27NOS. The molecule has 0 aromatic heterocycles. The lowest BCUT2D eigenvalue weighted by molar-refractivity contribution is 0.350. The molecule has 0 spiro atoms. The molecule has 3 heteroatoms. The van der Waals surface area contributed by atoms with E-state index in [1.54, 1.807) is 0 Å². The summed E-state index contributed by atoms with van der Waals surface area (Å²) in [6.45, 7) is 1.12. The standard InChI is InChI=1S/C18H27NOS/c1-21-18(10-3-2-4-11-18)13-19-17-7-5-6-14-12-15(20)8-9-16(14)17/h8-9,12,17,19-20H,2-7,10-11,13H2,1H3. The van der Waals surface area contributed by atoms with Gasteiger partial charge in [0, 0.05) is 17.3 Å². The number of aryl methyl sites for hydroxylation is 1. The summed E-state index contributed by atoms with van der Waals surface area (Å²) in [6.07, 6.45) is 12.7. The number of hydrogen-bond acceptors (Lipinski definition) is 3. The summed E-state index contributed by atoms with van der Waals surface area (Å²) in [5, 5.41) is 13.5. The van der Waals surface area contributed by atoms with Crippen LogP contribution in [0, 0.1) is 0 Å². The average Bonchev–Trinajstić information content (AvgIpc) is 2.53. The van der Waals surface area contributed by atoms with Crippen LogP contribution in [-0.2, 0) is 6.42 Å². The van der Waals surface area contributed by atoms with Crippen LogP contribution in [-0.4, -0.2) is 22.7 Å². The topological polar surface area (TPSA) is 32.3 Å². The van der Waals surface area contributed by atoms with Crippen LogP contribution in [0.2, 0.25) is 0 Å². The molecular weight excluding hydrogens is 278 g/mol. The fourth-order valence-electron chi connectivity index (χ4n) is 3.97. The van der Waals surface area contributed by atoms with Gasteiger partial charge < -0.3 is 10.4 Å². The summed E-state index contributed by atoms with van der Waals surface area (Å²) in [6, 6.07) is 6.38. The first-order valence-electron chi connectivity index (χ1n) is 8.33. The molecule has 0 saturated heterocycles. The summed E-state index contributed by atoms with van der Waals surface area (Å²) >= 11 is 2.06. The Morgan fingerprint density at radius 2 is 2.05 bits per heavy atom. The molecule has 2 aliphatic carbocycles. The van der Waals surface area contributed by atoms with Crippen molar-refractivity contribution in [1.82, 2.24) is 5.32 Å². The summed E-state index contributed by atoms with van der Waals surface area (Å²) < 4.78 is 0.451. The van der Waals surface area contributed by atoms with Crippen LogP contribution in [0.4, 0.5) is 0 Å². The maximum atomic E-state index is 9.66. The van der Waals surface area contributed by atoms with E-state index >= 15 is 0 Å². The summed E-state index contributed by atoms with van der Waals surface area (Å²) in [4.78, 5) is 0. The van der Waals surface area contributed by atoms with E-state index in [2.05, 4.69) is 29.4 Å². The van der Waals surface area contributed by atoms with E-state index in [1.165, 1.54) is 56.1 Å². The molecule has 2 aliphatic rings. The second-order valence-corrected chi connectivity index (χ2v) is 7.93. The number of phenolic OH excluding ortho intramolecular Hbond substituents is 1. The Morgan fingerprint density at radius 1 is 1.24 bits per heavy atom. The zero-order chi connectivity index (χ0) is 14.7. The highest BCUT2D eigenvalue weighted by atomic mass is 32.2. The van der Waals surface area contributed by atoms with Crippen LogP contribution >= 0.6 is 11.8 Å². The van der Waals surface area contributed by atoms with Crippen molar-refractivity contribution >= 4 is 11.8 Å². The minimum Gasteiger partial charge on any atom is -0.508 e. The maximum absolute atomic E-state index is 9.66. The number of hydrogen-bond donors (Lipinski definition) is 2. The Morgan fingerprint density at radius 3 is 2.81 bits per heavy atom. The van der Waals surface area contributed by atoms with Crippen molar-refractivity contribution < 1.29 is 5.11 Å². The third kappa shape index (κ3) is 3.40. The number of nitrogens with one attached hydrogen (secondary N) is 1. The summed E-state index contributed by atoms with van der Waals surface area (Å²) in [5.41, 5.74) is 2.74. The molecule has 0 aliphatic heterocycles. The molecule has 2 nitrogen and oxygen atoms in total. The molecule has 1 aromatic rings. The van der Waals surface area contributed by atoms with Gasteiger partial charge >= 0.3 is 0 Å². The Balaban J connectivity index is 1.69.